The largest absolute Gasteiger partial charge is 0.477 e. The van der Waals surface area contributed by atoms with Crippen LogP contribution < -0.4 is 0 Å². The first kappa shape index (κ1) is 91.7. The maximum atomic E-state index is 13.0. The van der Waals surface area contributed by atoms with Crippen LogP contribution in [0.25, 0.3) is 0 Å². The third-order valence-corrected chi connectivity index (χ3v) is 17.5. The summed E-state index contributed by atoms with van der Waals surface area (Å²) in [4.78, 5) is 37.7. The van der Waals surface area contributed by atoms with Crippen LogP contribution in [0.4, 0.5) is 0 Å². The van der Waals surface area contributed by atoms with Crippen LogP contribution in [0.2, 0.25) is 0 Å². The monoisotopic (exact) mass is 1340 g/mol. The number of ether oxygens (including phenoxy) is 4. The average molecular weight is 1340 g/mol. The number of carboxylic acid groups (broad SMARTS) is 1. The molecule has 0 aliphatic heterocycles. The van der Waals surface area contributed by atoms with E-state index < -0.39 is 24.3 Å². The Morgan fingerprint density at radius 2 is 0.594 bits per heavy atom. The number of nitrogens with zero attached hydrogens (tertiary/aromatic N) is 1. The lowest BCUT2D eigenvalue weighted by atomic mass is 10.0. The lowest BCUT2D eigenvalue weighted by Crippen LogP contribution is -2.40. The molecule has 0 aromatic rings. The van der Waals surface area contributed by atoms with Crippen LogP contribution >= 0.6 is 0 Å². The van der Waals surface area contributed by atoms with Crippen LogP contribution in [0.5, 0.6) is 0 Å². The van der Waals surface area contributed by atoms with Gasteiger partial charge in [-0.3, -0.25) is 9.59 Å². The molecule has 552 valence electrons. The summed E-state index contributed by atoms with van der Waals surface area (Å²) in [5.74, 6) is -2.01. The van der Waals surface area contributed by atoms with E-state index in [9.17, 15) is 19.5 Å². The number of hydrogen-bond acceptors (Lipinski definition) is 7. The molecule has 96 heavy (non-hydrogen) atoms. The van der Waals surface area contributed by atoms with E-state index in [0.29, 0.717) is 23.9 Å². The van der Waals surface area contributed by atoms with E-state index in [2.05, 4.69) is 135 Å². The Balaban J connectivity index is 4.09. The van der Waals surface area contributed by atoms with Crippen molar-refractivity contribution in [1.29, 1.82) is 0 Å². The minimum Gasteiger partial charge on any atom is -0.477 e. The minimum atomic E-state index is -1.52. The van der Waals surface area contributed by atoms with E-state index in [1.807, 2.05) is 21.1 Å². The van der Waals surface area contributed by atoms with Crippen molar-refractivity contribution in [2.75, 3.05) is 47.5 Å². The molecule has 0 amide bonds. The second-order valence-corrected chi connectivity index (χ2v) is 28.0. The zero-order chi connectivity index (χ0) is 69.7. The van der Waals surface area contributed by atoms with Gasteiger partial charge < -0.3 is 28.5 Å². The quantitative estimate of drug-likeness (QED) is 0.0211. The molecule has 2 atom stereocenters. The lowest BCUT2D eigenvalue weighted by molar-refractivity contribution is -0.870. The Labute approximate surface area is 593 Å². The third kappa shape index (κ3) is 77.0. The molecule has 0 saturated heterocycles. The fourth-order valence-corrected chi connectivity index (χ4v) is 11.4. The van der Waals surface area contributed by atoms with E-state index in [1.165, 1.54) is 212 Å². The molecular weight excluding hydrogens is 1190 g/mol. The van der Waals surface area contributed by atoms with Gasteiger partial charge in [-0.25, -0.2) is 4.79 Å². The topological polar surface area (TPSA) is 108 Å². The van der Waals surface area contributed by atoms with Crippen LogP contribution in [0.3, 0.4) is 0 Å². The van der Waals surface area contributed by atoms with Gasteiger partial charge in [-0.1, -0.05) is 373 Å². The summed E-state index contributed by atoms with van der Waals surface area (Å²) in [5.41, 5.74) is 0. The Kier molecular flexibility index (Phi) is 73.0. The number of carbonyl (C=O) groups excluding carboxylic acids is 2. The maximum absolute atomic E-state index is 13.0. The Morgan fingerprint density at radius 1 is 0.323 bits per heavy atom. The van der Waals surface area contributed by atoms with E-state index in [0.717, 1.165) is 109 Å². The molecule has 0 saturated carbocycles. The zero-order valence-electron chi connectivity index (χ0n) is 63.3. The molecule has 1 N–H and O–H groups in total. The molecule has 0 aromatic carbocycles. The molecule has 0 bridgehead atoms. The summed E-state index contributed by atoms with van der Waals surface area (Å²) >= 11 is 0. The summed E-state index contributed by atoms with van der Waals surface area (Å²) < 4.78 is 23.0. The number of unbranched alkanes of at least 4 members (excludes halogenated alkanes) is 39. The molecule has 0 fully saturated rings. The van der Waals surface area contributed by atoms with Crippen molar-refractivity contribution >= 4 is 17.9 Å². The van der Waals surface area contributed by atoms with Gasteiger partial charge in [0.1, 0.15) is 13.2 Å². The lowest BCUT2D eigenvalue weighted by Gasteiger charge is -2.25. The Morgan fingerprint density at radius 3 is 0.885 bits per heavy atom. The normalized spacial score (nSPS) is 13.3. The summed E-state index contributed by atoms with van der Waals surface area (Å²) in [7, 11) is 5.98. The molecular formula is C87H152NO8+. The second kappa shape index (κ2) is 76.4. The van der Waals surface area contributed by atoms with E-state index in [1.54, 1.807) is 0 Å². The van der Waals surface area contributed by atoms with E-state index in [4.69, 9.17) is 18.9 Å². The first-order valence-electron chi connectivity index (χ1n) is 40.2. The molecule has 0 heterocycles. The second-order valence-electron chi connectivity index (χ2n) is 28.0. The summed E-state index contributed by atoms with van der Waals surface area (Å²) in [6.45, 7) is 4.79. The van der Waals surface area contributed by atoms with Gasteiger partial charge in [0, 0.05) is 12.8 Å². The zero-order valence-corrected chi connectivity index (χ0v) is 63.3. The summed E-state index contributed by atoms with van der Waals surface area (Å²) in [6, 6.07) is 0. The molecule has 9 nitrogen and oxygen atoms in total. The molecule has 0 rings (SSSR count). The molecule has 0 radical (unpaired) electrons. The first-order chi connectivity index (χ1) is 47.1. The molecule has 9 heteroatoms. The van der Waals surface area contributed by atoms with Gasteiger partial charge in [-0.15, -0.1) is 0 Å². The number of carboxylic acids is 1. The highest BCUT2D eigenvalue weighted by Crippen LogP contribution is 2.19. The van der Waals surface area contributed by atoms with E-state index in [-0.39, 0.29) is 32.2 Å². The van der Waals surface area contributed by atoms with Crippen molar-refractivity contribution < 1.29 is 42.9 Å². The average Bonchev–Trinajstić information content (AvgIpc) is 2.40. The van der Waals surface area contributed by atoms with Gasteiger partial charge in [0.25, 0.3) is 6.29 Å². The molecule has 0 spiro atoms. The fraction of sp³-hybridized carbons (Fsp3) is 0.736. The van der Waals surface area contributed by atoms with Crippen molar-refractivity contribution in [2.45, 2.75) is 367 Å². The Bertz CT molecular complexity index is 2000. The van der Waals surface area contributed by atoms with Crippen molar-refractivity contribution in [2.24, 2.45) is 0 Å². The minimum absolute atomic E-state index is 0.182. The fourth-order valence-electron chi connectivity index (χ4n) is 11.4. The van der Waals surface area contributed by atoms with Gasteiger partial charge in [0.05, 0.1) is 34.4 Å². The standard InChI is InChI=1S/C87H151NO8/c1-6-8-10-12-14-16-18-20-22-24-26-28-30-32-34-36-38-40-41-42-43-44-45-46-48-50-52-54-56-58-60-62-64-66-68-70-72-74-76-78-85(90)96-83(82-95-87(86(91)92)93-80-79-88(3,4)5)81-94-84(89)77-75-73-71-69-67-65-63-61-59-57-55-53-51-49-47-39-37-35-33-31-29-27-25-23-21-19-17-15-13-11-9-7-2/h8,10,14,16,20,22,26,28,32,34,38,40,42-43,45-46,50,52,56,58,83,87H,6-7,9,11-13,15,17-19,21,23-25,27,29-31,33,35-37,39,41,44,47-49,51,53-55,57,59-82H2,1-5H3/p+1/b10-8-,16-14-,22-20-,28-26-,34-32-,40-38-,43-42-,46-45-,52-50-,58-56-. The molecule has 0 aliphatic carbocycles. The van der Waals surface area contributed by atoms with Crippen LogP contribution in [0, 0.1) is 0 Å². The van der Waals surface area contributed by atoms with Crippen molar-refractivity contribution in [3.63, 3.8) is 0 Å². The number of rotatable bonds is 74. The van der Waals surface area contributed by atoms with Crippen molar-refractivity contribution in [1.82, 2.24) is 0 Å². The number of allylic oxidation sites excluding steroid dienone is 20. The molecule has 2 unspecified atom stereocenters. The maximum Gasteiger partial charge on any atom is 0.361 e. The van der Waals surface area contributed by atoms with Gasteiger partial charge in [-0.2, -0.15) is 0 Å². The van der Waals surface area contributed by atoms with Crippen molar-refractivity contribution in [3.05, 3.63) is 122 Å². The third-order valence-electron chi connectivity index (χ3n) is 17.5. The van der Waals surface area contributed by atoms with Crippen LogP contribution in [0.15, 0.2) is 122 Å². The van der Waals surface area contributed by atoms with Gasteiger partial charge in [0.2, 0.25) is 0 Å². The molecule has 0 aliphatic rings. The number of hydrogen-bond donors (Lipinski definition) is 1. The highest BCUT2D eigenvalue weighted by molar-refractivity contribution is 5.71. The number of esters is 2. The van der Waals surface area contributed by atoms with Crippen LogP contribution in [-0.4, -0.2) is 87.4 Å². The van der Waals surface area contributed by atoms with Gasteiger partial charge in [-0.05, 0) is 89.9 Å². The predicted octanol–water partition coefficient (Wildman–Crippen LogP) is 25.9. The smallest absolute Gasteiger partial charge is 0.361 e. The Hall–Kier alpha value is -4.31. The number of aliphatic carboxylic acids is 1. The van der Waals surface area contributed by atoms with Crippen LogP contribution in [-0.2, 0) is 33.3 Å². The van der Waals surface area contributed by atoms with Crippen molar-refractivity contribution in [3.8, 4) is 0 Å². The molecule has 0 aromatic heterocycles. The number of likely N-dealkylation sites (N-methyl/N-ethyl adjacent to an activating group) is 1. The van der Waals surface area contributed by atoms with Gasteiger partial charge in [0.15, 0.2) is 6.10 Å². The van der Waals surface area contributed by atoms with E-state index >= 15 is 0 Å². The highest BCUT2D eigenvalue weighted by Gasteiger charge is 2.25. The highest BCUT2D eigenvalue weighted by atomic mass is 16.7. The SMILES string of the molecule is CC/C=C\C/C=C\C/C=C\C/C=C\C/C=C\C/C=C\C/C=C\C/C=C\C/C=C\C/C=C\CCCCCCCCCCC(=O)OC(COC(=O)CCCCCCCCCCCCCCCCCCCCCCCCCCCCCCCCCC)COC(OCC[N+](C)(C)C)C(=O)O. The summed E-state index contributed by atoms with van der Waals surface area (Å²) in [5, 5.41) is 9.77. The number of carbonyl (C=O) groups is 3. The summed E-state index contributed by atoms with van der Waals surface area (Å²) in [6.07, 6.45) is 106. The van der Waals surface area contributed by atoms with Gasteiger partial charge >= 0.3 is 17.9 Å². The number of quaternary nitrogens is 1. The first-order valence-corrected chi connectivity index (χ1v) is 40.2. The van der Waals surface area contributed by atoms with Crippen LogP contribution in [0.1, 0.15) is 354 Å². The predicted molar refractivity (Wildman–Crippen MR) is 415 cm³/mol.